The molecule has 1 aromatic rings. The number of hydrogen-bond donors (Lipinski definition) is 2. The zero-order valence-electron chi connectivity index (χ0n) is 21.0. The van der Waals surface area contributed by atoms with Crippen LogP contribution in [0.5, 0.6) is 0 Å². The van der Waals surface area contributed by atoms with Gasteiger partial charge >= 0.3 is 0 Å². The summed E-state index contributed by atoms with van der Waals surface area (Å²) in [5, 5.41) is 5.91. The van der Waals surface area contributed by atoms with Gasteiger partial charge in [0.2, 0.25) is 11.8 Å². The van der Waals surface area contributed by atoms with Gasteiger partial charge in [-0.05, 0) is 24.2 Å². The van der Waals surface area contributed by atoms with Gasteiger partial charge in [0.05, 0.1) is 12.3 Å². The first-order valence-electron chi connectivity index (χ1n) is 12.3. The maximum atomic E-state index is 13.6. The van der Waals surface area contributed by atoms with Crippen molar-refractivity contribution in [2.75, 3.05) is 20.2 Å². The number of ether oxygens (including phenoxy) is 1. The largest absolute Gasteiger partial charge is 0.379 e. The third kappa shape index (κ3) is 6.31. The van der Waals surface area contributed by atoms with Crippen molar-refractivity contribution in [2.24, 2.45) is 17.3 Å². The van der Waals surface area contributed by atoms with E-state index >= 15 is 0 Å². The second-order valence-corrected chi connectivity index (χ2v) is 10.7. The smallest absolute Gasteiger partial charge is 0.272 e. The second-order valence-electron chi connectivity index (χ2n) is 10.7. The lowest BCUT2D eigenvalue weighted by Crippen LogP contribution is -2.60. The fourth-order valence-corrected chi connectivity index (χ4v) is 4.98. The van der Waals surface area contributed by atoms with Crippen LogP contribution in [0.15, 0.2) is 18.6 Å². The molecule has 2 heterocycles. The van der Waals surface area contributed by atoms with Gasteiger partial charge in [-0.25, -0.2) is 4.98 Å². The first-order chi connectivity index (χ1) is 16.1. The number of amides is 3. The average molecular weight is 474 g/mol. The number of carbonyl (C=O) groups is 3. The molecule has 2 fully saturated rings. The molecular formula is C25H39N5O4. The summed E-state index contributed by atoms with van der Waals surface area (Å²) in [6, 6.07) is -1.46. The number of hydrogen-bond acceptors (Lipinski definition) is 6. The van der Waals surface area contributed by atoms with Crippen molar-refractivity contribution in [1.82, 2.24) is 25.5 Å². The summed E-state index contributed by atoms with van der Waals surface area (Å²) in [4.78, 5) is 49.8. The van der Waals surface area contributed by atoms with Crippen LogP contribution in [0.4, 0.5) is 0 Å². The molecule has 3 rings (SSSR count). The van der Waals surface area contributed by atoms with Gasteiger partial charge in [0.25, 0.3) is 5.91 Å². The van der Waals surface area contributed by atoms with Crippen LogP contribution in [0.25, 0.3) is 0 Å². The van der Waals surface area contributed by atoms with Crippen LogP contribution in [0.1, 0.15) is 70.3 Å². The van der Waals surface area contributed by atoms with E-state index in [1.807, 2.05) is 20.8 Å². The van der Waals surface area contributed by atoms with Gasteiger partial charge in [0.15, 0.2) is 0 Å². The third-order valence-electron chi connectivity index (χ3n) is 7.04. The highest BCUT2D eigenvalue weighted by Gasteiger charge is 2.42. The Kier molecular flexibility index (Phi) is 8.62. The van der Waals surface area contributed by atoms with Crippen molar-refractivity contribution in [2.45, 2.75) is 78.0 Å². The molecule has 0 spiro atoms. The number of aromatic nitrogens is 2. The van der Waals surface area contributed by atoms with E-state index in [-0.39, 0.29) is 35.4 Å². The summed E-state index contributed by atoms with van der Waals surface area (Å²) in [6.07, 6.45) is 9.17. The van der Waals surface area contributed by atoms with Crippen molar-refractivity contribution in [3.63, 3.8) is 0 Å². The number of rotatable bonds is 7. The number of nitrogens with one attached hydrogen (secondary N) is 2. The van der Waals surface area contributed by atoms with E-state index in [9.17, 15) is 14.4 Å². The Hall–Kier alpha value is -2.55. The number of methoxy groups -OCH3 is 1. The molecule has 9 heteroatoms. The predicted octanol–water partition coefficient (Wildman–Crippen LogP) is 2.18. The fourth-order valence-electron chi connectivity index (χ4n) is 4.98. The highest BCUT2D eigenvalue weighted by atomic mass is 16.5. The van der Waals surface area contributed by atoms with Crippen LogP contribution < -0.4 is 10.6 Å². The molecule has 1 saturated carbocycles. The molecule has 0 radical (unpaired) electrons. The van der Waals surface area contributed by atoms with Gasteiger partial charge in [-0.3, -0.25) is 19.4 Å². The molecule has 0 aromatic carbocycles. The Morgan fingerprint density at radius 3 is 2.35 bits per heavy atom. The normalized spacial score (nSPS) is 23.3. The Morgan fingerprint density at radius 2 is 1.79 bits per heavy atom. The van der Waals surface area contributed by atoms with E-state index in [2.05, 4.69) is 27.5 Å². The number of carbonyl (C=O) groups excluding carboxylic acids is 3. The van der Waals surface area contributed by atoms with E-state index in [0.717, 1.165) is 32.1 Å². The highest BCUT2D eigenvalue weighted by Crippen LogP contribution is 2.29. The quantitative estimate of drug-likeness (QED) is 0.628. The molecule has 9 nitrogen and oxygen atoms in total. The fraction of sp³-hybridized carbons (Fsp3) is 0.720. The van der Waals surface area contributed by atoms with E-state index in [1.165, 1.54) is 18.6 Å². The summed E-state index contributed by atoms with van der Waals surface area (Å²) in [5.41, 5.74) is -0.344. The first-order valence-corrected chi connectivity index (χ1v) is 12.3. The molecule has 1 aromatic heterocycles. The van der Waals surface area contributed by atoms with Crippen LogP contribution in [-0.2, 0) is 14.3 Å². The summed E-state index contributed by atoms with van der Waals surface area (Å²) < 4.78 is 5.51. The highest BCUT2D eigenvalue weighted by molar-refractivity contribution is 5.97. The van der Waals surface area contributed by atoms with E-state index in [0.29, 0.717) is 13.1 Å². The van der Waals surface area contributed by atoms with Crippen LogP contribution in [0.3, 0.4) is 0 Å². The Labute approximate surface area is 202 Å². The molecule has 1 saturated heterocycles. The molecule has 2 aliphatic rings. The Morgan fingerprint density at radius 1 is 1.09 bits per heavy atom. The van der Waals surface area contributed by atoms with Gasteiger partial charge in [-0.2, -0.15) is 0 Å². The minimum Gasteiger partial charge on any atom is -0.379 e. The molecule has 3 amide bonds. The lowest BCUT2D eigenvalue weighted by atomic mass is 9.82. The molecule has 4 atom stereocenters. The molecule has 2 N–H and O–H groups in total. The van der Waals surface area contributed by atoms with Crippen molar-refractivity contribution < 1.29 is 19.1 Å². The minimum atomic E-state index is -0.739. The minimum absolute atomic E-state index is 0.00905. The van der Waals surface area contributed by atoms with Gasteiger partial charge in [-0.15, -0.1) is 0 Å². The number of likely N-dealkylation sites (tertiary alicyclic amines) is 1. The lowest BCUT2D eigenvalue weighted by molar-refractivity contribution is -0.139. The van der Waals surface area contributed by atoms with Crippen molar-refractivity contribution in [1.29, 1.82) is 0 Å². The number of nitrogens with zero attached hydrogens (tertiary/aromatic N) is 3. The Balaban J connectivity index is 1.79. The molecule has 1 unspecified atom stereocenters. The predicted molar refractivity (Wildman–Crippen MR) is 128 cm³/mol. The maximum Gasteiger partial charge on any atom is 0.272 e. The molecule has 0 bridgehead atoms. The zero-order chi connectivity index (χ0) is 24.9. The van der Waals surface area contributed by atoms with Crippen molar-refractivity contribution in [3.8, 4) is 0 Å². The summed E-state index contributed by atoms with van der Waals surface area (Å²) in [7, 11) is 1.66. The third-order valence-corrected chi connectivity index (χ3v) is 7.04. The molecule has 1 aliphatic carbocycles. The second kappa shape index (κ2) is 11.3. The molecule has 1 aliphatic heterocycles. The molecule has 34 heavy (non-hydrogen) atoms. The first kappa shape index (κ1) is 26.1. The van der Waals surface area contributed by atoms with E-state index in [1.54, 1.807) is 12.0 Å². The average Bonchev–Trinajstić information content (AvgIpc) is 3.21. The van der Waals surface area contributed by atoms with Gasteiger partial charge < -0.3 is 20.3 Å². The van der Waals surface area contributed by atoms with Crippen LogP contribution in [-0.4, -0.2) is 71.0 Å². The molecule has 188 valence electrons. The zero-order valence-corrected chi connectivity index (χ0v) is 21.0. The van der Waals surface area contributed by atoms with Gasteiger partial charge in [0.1, 0.15) is 17.8 Å². The van der Waals surface area contributed by atoms with E-state index < -0.39 is 23.4 Å². The Bertz CT molecular complexity index is 851. The van der Waals surface area contributed by atoms with E-state index in [4.69, 9.17) is 4.74 Å². The molecular weight excluding hydrogens is 434 g/mol. The van der Waals surface area contributed by atoms with Crippen LogP contribution in [0.2, 0.25) is 0 Å². The van der Waals surface area contributed by atoms with Gasteiger partial charge in [-0.1, -0.05) is 47.0 Å². The summed E-state index contributed by atoms with van der Waals surface area (Å²) >= 11 is 0. The summed E-state index contributed by atoms with van der Waals surface area (Å²) in [5.74, 6) is -0.641. The van der Waals surface area contributed by atoms with Crippen molar-refractivity contribution in [3.05, 3.63) is 24.3 Å². The maximum absolute atomic E-state index is 13.6. The summed E-state index contributed by atoms with van der Waals surface area (Å²) in [6.45, 7) is 8.99. The van der Waals surface area contributed by atoms with Crippen LogP contribution in [0, 0.1) is 17.3 Å². The van der Waals surface area contributed by atoms with Crippen LogP contribution >= 0.6 is 0 Å². The van der Waals surface area contributed by atoms with Crippen molar-refractivity contribution >= 4 is 17.7 Å². The monoisotopic (exact) mass is 473 g/mol. The standard InChI is InChI=1S/C25H39N5O4/c1-16-14-30(15-19(16)34-5)24(33)21(25(2,3)4)29-23(32)20(17-9-7-6-8-10-17)28-22(31)18-13-26-11-12-27-18/h11-13,16-17,19-21H,6-10,14-15H2,1-5H3,(H,28,31)(H,29,32)/t16-,19?,20+,21-/m1/s1. The van der Waals surface area contributed by atoms with Gasteiger partial charge in [0, 0.05) is 38.5 Å². The SMILES string of the molecule is COC1CN(C(=O)[C@@H](NC(=O)[C@@H](NC(=O)c2cnccn2)C2CCCCC2)C(C)(C)C)C[C@H]1C. The lowest BCUT2D eigenvalue weighted by Gasteiger charge is -2.36. The topological polar surface area (TPSA) is 114 Å².